The molecule has 22 heavy (non-hydrogen) atoms. The van der Waals surface area contributed by atoms with Crippen LogP contribution in [-0.4, -0.2) is 39.0 Å². The van der Waals surface area contributed by atoms with Crippen LogP contribution in [0.1, 0.15) is 20.9 Å². The topological polar surface area (TPSA) is 120 Å². The van der Waals surface area contributed by atoms with Gasteiger partial charge in [0.25, 0.3) is 5.91 Å². The highest BCUT2D eigenvalue weighted by Crippen LogP contribution is 2.15. The van der Waals surface area contributed by atoms with Gasteiger partial charge in [-0.25, -0.2) is 0 Å². The second-order valence-electron chi connectivity index (χ2n) is 4.30. The van der Waals surface area contributed by atoms with Crippen LogP contribution >= 0.6 is 11.5 Å². The lowest BCUT2D eigenvalue weighted by molar-refractivity contribution is -0.118. The maximum absolute atomic E-state index is 12.2. The van der Waals surface area contributed by atoms with Crippen molar-refractivity contribution < 1.29 is 14.4 Å². The molecule has 0 fully saturated rings. The molecule has 1 aromatic heterocycles. The molecule has 0 aliphatic rings. The summed E-state index contributed by atoms with van der Waals surface area (Å²) in [6, 6.07) is 7.18. The summed E-state index contributed by atoms with van der Waals surface area (Å²) < 4.78 is 3.64. The average molecular weight is 316 g/mol. The summed E-state index contributed by atoms with van der Waals surface area (Å²) in [7, 11) is 1.38. The van der Waals surface area contributed by atoms with E-state index in [0.29, 0.717) is 5.69 Å². The third kappa shape index (κ3) is 3.22. The van der Waals surface area contributed by atoms with E-state index in [0.717, 1.165) is 17.1 Å². The molecule has 2 N–H and O–H groups in total. The van der Waals surface area contributed by atoms with Gasteiger partial charge in [-0.1, -0.05) is 22.2 Å². The number of aryl methyl sites for hydroxylation is 1. The second-order valence-corrected chi connectivity index (χ2v) is 5.05. The van der Waals surface area contributed by atoms with E-state index in [1.165, 1.54) is 7.05 Å². The van der Waals surface area contributed by atoms with Crippen LogP contribution in [0.2, 0.25) is 0 Å². The Labute approximate surface area is 130 Å². The van der Waals surface area contributed by atoms with E-state index in [1.54, 1.807) is 12.1 Å². The summed E-state index contributed by atoms with van der Waals surface area (Å²) in [5.41, 5.74) is 10.2. The van der Waals surface area contributed by atoms with E-state index in [2.05, 4.69) is 25.0 Å². The van der Waals surface area contributed by atoms with Crippen molar-refractivity contribution in [3.8, 4) is 0 Å². The Balaban J connectivity index is 2.28. The first-order valence-electron chi connectivity index (χ1n) is 6.21. The van der Waals surface area contributed by atoms with Gasteiger partial charge in [-0.3, -0.25) is 9.59 Å². The minimum Gasteiger partial charge on any atom is -0.360 e. The van der Waals surface area contributed by atoms with Gasteiger partial charge in [-0.15, -0.1) is 5.10 Å². The van der Waals surface area contributed by atoms with E-state index < -0.39 is 11.8 Å². The number of anilines is 1. The minimum absolute atomic E-state index is 0.0815. The predicted octanol–water partition coefficient (Wildman–Crippen LogP) is 0.864. The second kappa shape index (κ2) is 6.70. The van der Waals surface area contributed by atoms with Gasteiger partial charge < -0.3 is 16.2 Å². The van der Waals surface area contributed by atoms with Crippen LogP contribution in [0.15, 0.2) is 24.3 Å². The summed E-state index contributed by atoms with van der Waals surface area (Å²) in [4.78, 5) is 26.9. The number of hydrogen-bond acceptors (Lipinski definition) is 5. The number of likely N-dealkylation sites (N-methyl/N-ethyl adjacent to an activating group) is 1. The highest BCUT2D eigenvalue weighted by Gasteiger charge is 2.31. The van der Waals surface area contributed by atoms with Gasteiger partial charge in [-0.2, -0.15) is 4.79 Å². The highest BCUT2D eigenvalue weighted by molar-refractivity contribution is 7.09. The Morgan fingerprint density at radius 2 is 1.95 bits per heavy atom. The first kappa shape index (κ1) is 15.5. The monoisotopic (exact) mass is 316 g/mol. The van der Waals surface area contributed by atoms with Crippen LogP contribution in [0.4, 0.5) is 5.69 Å². The molecule has 1 heterocycles. The highest BCUT2D eigenvalue weighted by atomic mass is 32.1. The molecule has 0 spiro atoms. The van der Waals surface area contributed by atoms with Crippen molar-refractivity contribution in [2.45, 2.75) is 6.92 Å². The van der Waals surface area contributed by atoms with Crippen LogP contribution in [0.5, 0.6) is 0 Å². The normalized spacial score (nSPS) is 9.73. The van der Waals surface area contributed by atoms with Gasteiger partial charge >= 0.3 is 11.6 Å². The number of nitrogens with one attached hydrogen (secondary N) is 2. The van der Waals surface area contributed by atoms with Crippen LogP contribution in [0, 0.1) is 6.92 Å². The third-order valence-corrected chi connectivity index (χ3v) is 3.50. The third-order valence-electron chi connectivity index (χ3n) is 2.77. The lowest BCUT2D eigenvalue weighted by atomic mass is 10.2. The number of aromatic nitrogens is 2. The zero-order valence-corrected chi connectivity index (χ0v) is 12.6. The standard InChI is InChI=1S/C13H12N6O2S/c1-7-3-5-8(6-4-7)16-13(21)10-11(22-19-18-10)9(17-14)12(20)15-2/h3-6H,1-2H3,(H,15,20)(H,16,21). The lowest BCUT2D eigenvalue weighted by Crippen LogP contribution is -2.30. The lowest BCUT2D eigenvalue weighted by Gasteiger charge is -2.03. The van der Waals surface area contributed by atoms with Gasteiger partial charge in [0.15, 0.2) is 10.6 Å². The molecular formula is C13H12N6O2S. The maximum atomic E-state index is 12.2. The molecule has 2 amide bonds. The fraction of sp³-hybridized carbons (Fsp3) is 0.154. The Bertz CT molecular complexity index is 761. The summed E-state index contributed by atoms with van der Waals surface area (Å²) in [5, 5.41) is 8.66. The first-order chi connectivity index (χ1) is 10.6. The molecule has 0 radical (unpaired) electrons. The molecule has 112 valence electrons. The number of carbonyl (C=O) groups excluding carboxylic acids is 2. The number of benzene rings is 1. The van der Waals surface area contributed by atoms with Crippen molar-refractivity contribution >= 4 is 34.7 Å². The smallest absolute Gasteiger partial charge is 0.360 e. The van der Waals surface area contributed by atoms with Crippen molar-refractivity contribution in [2.24, 2.45) is 0 Å². The fourth-order valence-corrected chi connectivity index (χ4v) is 2.28. The molecule has 0 bridgehead atoms. The van der Waals surface area contributed by atoms with Gasteiger partial charge in [0.1, 0.15) is 0 Å². The van der Waals surface area contributed by atoms with Gasteiger partial charge in [0, 0.05) is 12.7 Å². The van der Waals surface area contributed by atoms with E-state index in [1.807, 2.05) is 19.1 Å². The fourth-order valence-electron chi connectivity index (χ4n) is 1.63. The number of hydrogen-bond donors (Lipinski definition) is 2. The van der Waals surface area contributed by atoms with Crippen molar-refractivity contribution in [3.63, 3.8) is 0 Å². The summed E-state index contributed by atoms with van der Waals surface area (Å²) >= 11 is 0.794. The average Bonchev–Trinajstić information content (AvgIpc) is 2.99. The number of amides is 2. The SMILES string of the molecule is CNC(=O)C(=[N+]=[N-])c1snnc1C(=O)Nc1ccc(C)cc1. The maximum Gasteiger partial charge on any atom is 0.400 e. The Hall–Kier alpha value is -2.90. The molecule has 2 aromatic rings. The molecular weight excluding hydrogens is 304 g/mol. The van der Waals surface area contributed by atoms with Crippen molar-refractivity contribution in [3.05, 3.63) is 45.9 Å². The van der Waals surface area contributed by atoms with Crippen LogP contribution in [0.25, 0.3) is 5.53 Å². The molecule has 0 saturated carbocycles. The first-order valence-corrected chi connectivity index (χ1v) is 6.99. The molecule has 0 saturated heterocycles. The van der Waals surface area contributed by atoms with E-state index in [4.69, 9.17) is 5.53 Å². The Kier molecular flexibility index (Phi) is 4.72. The number of carbonyl (C=O) groups is 2. The van der Waals surface area contributed by atoms with Crippen molar-refractivity contribution in [1.82, 2.24) is 14.9 Å². The van der Waals surface area contributed by atoms with Crippen LogP contribution in [0.3, 0.4) is 0 Å². The Morgan fingerprint density at radius 3 is 2.55 bits per heavy atom. The van der Waals surface area contributed by atoms with Gasteiger partial charge in [0.2, 0.25) is 0 Å². The molecule has 0 aliphatic heterocycles. The largest absolute Gasteiger partial charge is 0.400 e. The van der Waals surface area contributed by atoms with E-state index in [9.17, 15) is 9.59 Å². The minimum atomic E-state index is -0.641. The molecule has 0 unspecified atom stereocenters. The summed E-state index contributed by atoms with van der Waals surface area (Å²) in [6.07, 6.45) is 0. The molecule has 8 nitrogen and oxygen atoms in total. The van der Waals surface area contributed by atoms with Crippen molar-refractivity contribution in [1.29, 1.82) is 0 Å². The van der Waals surface area contributed by atoms with Crippen molar-refractivity contribution in [2.75, 3.05) is 12.4 Å². The molecule has 0 atom stereocenters. The number of nitrogens with zero attached hydrogens (tertiary/aromatic N) is 4. The summed E-state index contributed by atoms with van der Waals surface area (Å²) in [6.45, 7) is 1.93. The zero-order chi connectivity index (χ0) is 16.1. The number of rotatable bonds is 4. The Morgan fingerprint density at radius 1 is 1.27 bits per heavy atom. The van der Waals surface area contributed by atoms with E-state index >= 15 is 0 Å². The summed E-state index contributed by atoms with van der Waals surface area (Å²) in [5.74, 6) is -1.18. The van der Waals surface area contributed by atoms with Crippen LogP contribution in [-0.2, 0) is 4.79 Å². The van der Waals surface area contributed by atoms with Gasteiger partial charge in [0.05, 0.1) is 0 Å². The zero-order valence-electron chi connectivity index (χ0n) is 11.8. The molecule has 1 aromatic carbocycles. The predicted molar refractivity (Wildman–Crippen MR) is 80.8 cm³/mol. The molecule has 9 heteroatoms. The quantitative estimate of drug-likeness (QED) is 0.493. The van der Waals surface area contributed by atoms with Crippen LogP contribution < -0.4 is 10.6 Å². The van der Waals surface area contributed by atoms with E-state index in [-0.39, 0.29) is 16.3 Å². The van der Waals surface area contributed by atoms with Gasteiger partial charge in [-0.05, 0) is 30.6 Å². The molecule has 2 rings (SSSR count). The molecule has 0 aliphatic carbocycles.